The van der Waals surface area contributed by atoms with Gasteiger partial charge in [0, 0.05) is 6.54 Å². The van der Waals surface area contributed by atoms with Crippen molar-refractivity contribution in [3.05, 3.63) is 0 Å². The van der Waals surface area contributed by atoms with Gasteiger partial charge in [0.15, 0.2) is 0 Å². The largest absolute Gasteiger partial charge is 0.479 e. The number of carbonyl (C=O) groups excluding carboxylic acids is 1. The molecule has 0 aromatic heterocycles. The molecule has 1 aliphatic carbocycles. The number of nitrogens with one attached hydrogen (secondary N) is 1. The highest BCUT2D eigenvalue weighted by Crippen LogP contribution is 2.49. The zero-order valence-corrected chi connectivity index (χ0v) is 11.1. The van der Waals surface area contributed by atoms with E-state index >= 15 is 0 Å². The average molecular weight is 294 g/mol. The first kappa shape index (κ1) is 14.9. The lowest BCUT2D eigenvalue weighted by Gasteiger charge is -2.35. The van der Waals surface area contributed by atoms with Crippen LogP contribution in [0.15, 0.2) is 0 Å². The van der Waals surface area contributed by atoms with Gasteiger partial charge < -0.3 is 15.3 Å². The molecule has 1 unspecified atom stereocenters. The summed E-state index contributed by atoms with van der Waals surface area (Å²) in [5.74, 6) is -1.16. The zero-order chi connectivity index (χ0) is 15.2. The van der Waals surface area contributed by atoms with E-state index in [0.717, 1.165) is 4.90 Å². The van der Waals surface area contributed by atoms with Crippen molar-refractivity contribution in [2.24, 2.45) is 0 Å². The second-order valence-electron chi connectivity index (χ2n) is 5.46. The number of carboxylic acid groups (broad SMARTS) is 1. The van der Waals surface area contributed by atoms with Crippen LogP contribution in [0.3, 0.4) is 0 Å². The van der Waals surface area contributed by atoms with E-state index in [-0.39, 0.29) is 32.2 Å². The number of hydrogen-bond donors (Lipinski definition) is 2. The summed E-state index contributed by atoms with van der Waals surface area (Å²) in [7, 11) is 0. The van der Waals surface area contributed by atoms with Gasteiger partial charge in [0.25, 0.3) is 0 Å². The maximum absolute atomic E-state index is 12.8. The Bertz CT molecular complexity index is 434. The summed E-state index contributed by atoms with van der Waals surface area (Å²) >= 11 is 0. The Labute approximate surface area is 114 Å². The van der Waals surface area contributed by atoms with Crippen LogP contribution in [0, 0.1) is 0 Å². The van der Waals surface area contributed by atoms with E-state index in [4.69, 9.17) is 0 Å². The first-order valence-electron chi connectivity index (χ1n) is 6.58. The number of carbonyl (C=O) groups is 2. The normalized spacial score (nSPS) is 28.3. The van der Waals surface area contributed by atoms with Gasteiger partial charge in [-0.05, 0) is 32.1 Å². The lowest BCUT2D eigenvalue weighted by atomic mass is 9.93. The summed E-state index contributed by atoms with van der Waals surface area (Å²) in [6, 6.07) is -0.929. The van der Waals surface area contributed by atoms with Crippen molar-refractivity contribution in [2.75, 3.05) is 6.54 Å². The number of likely N-dealkylation sites (tertiary alicyclic amines) is 1. The van der Waals surface area contributed by atoms with E-state index < -0.39 is 29.3 Å². The molecule has 1 saturated carbocycles. The molecule has 0 bridgehead atoms. The number of carboxylic acids is 1. The van der Waals surface area contributed by atoms with Crippen molar-refractivity contribution in [1.82, 2.24) is 10.2 Å². The summed E-state index contributed by atoms with van der Waals surface area (Å²) in [6.45, 7) is 1.79. The van der Waals surface area contributed by atoms with Crippen molar-refractivity contribution in [1.29, 1.82) is 0 Å². The monoisotopic (exact) mass is 294 g/mol. The third-order valence-corrected chi connectivity index (χ3v) is 4.36. The van der Waals surface area contributed by atoms with Crippen LogP contribution in [-0.4, -0.2) is 45.8 Å². The number of nitrogens with zero attached hydrogens (tertiary/aromatic N) is 1. The predicted octanol–water partition coefficient (Wildman–Crippen LogP) is 2.12. The molecule has 0 spiro atoms. The van der Waals surface area contributed by atoms with E-state index in [0.29, 0.717) is 6.42 Å². The predicted molar refractivity (Wildman–Crippen MR) is 63.1 cm³/mol. The first-order chi connectivity index (χ1) is 9.18. The number of alkyl halides is 3. The van der Waals surface area contributed by atoms with Crippen LogP contribution in [0.25, 0.3) is 0 Å². The molecule has 1 saturated heterocycles. The van der Waals surface area contributed by atoms with Gasteiger partial charge in [-0.1, -0.05) is 6.92 Å². The molecular weight excluding hydrogens is 277 g/mol. The van der Waals surface area contributed by atoms with Crippen LogP contribution < -0.4 is 5.32 Å². The quantitative estimate of drug-likeness (QED) is 0.837. The number of hydrogen-bond acceptors (Lipinski definition) is 2. The fourth-order valence-corrected chi connectivity index (χ4v) is 2.79. The molecule has 0 radical (unpaired) electrons. The molecule has 2 amide bonds. The van der Waals surface area contributed by atoms with E-state index in [1.807, 2.05) is 5.32 Å². The third kappa shape index (κ3) is 2.10. The van der Waals surface area contributed by atoms with Gasteiger partial charge in [-0.2, -0.15) is 13.2 Å². The molecular formula is C12H17F3N2O3. The highest BCUT2D eigenvalue weighted by Gasteiger charge is 2.65. The summed E-state index contributed by atoms with van der Waals surface area (Å²) in [6.07, 6.45) is -3.88. The van der Waals surface area contributed by atoms with E-state index in [9.17, 15) is 27.9 Å². The highest BCUT2D eigenvalue weighted by molar-refractivity contribution is 5.87. The van der Waals surface area contributed by atoms with Gasteiger partial charge in [0.05, 0.1) is 0 Å². The van der Waals surface area contributed by atoms with Crippen molar-refractivity contribution in [3.63, 3.8) is 0 Å². The Kier molecular flexibility index (Phi) is 3.38. The minimum absolute atomic E-state index is 0.151. The van der Waals surface area contributed by atoms with Gasteiger partial charge in [0.2, 0.25) is 0 Å². The number of amides is 2. The van der Waals surface area contributed by atoms with Crippen LogP contribution in [-0.2, 0) is 4.79 Å². The second kappa shape index (κ2) is 4.53. The Balaban J connectivity index is 2.15. The fourth-order valence-electron chi connectivity index (χ4n) is 2.79. The van der Waals surface area contributed by atoms with Crippen molar-refractivity contribution < 1.29 is 27.9 Å². The van der Waals surface area contributed by atoms with Gasteiger partial charge in [-0.25, -0.2) is 9.59 Å². The van der Waals surface area contributed by atoms with Crippen molar-refractivity contribution in [2.45, 2.75) is 56.3 Å². The van der Waals surface area contributed by atoms with E-state index in [1.54, 1.807) is 6.92 Å². The Morgan fingerprint density at radius 1 is 1.30 bits per heavy atom. The Morgan fingerprint density at radius 3 is 2.30 bits per heavy atom. The molecule has 0 aromatic carbocycles. The second-order valence-corrected chi connectivity index (χ2v) is 5.46. The molecule has 0 aromatic rings. The Hall–Kier alpha value is -1.47. The molecule has 20 heavy (non-hydrogen) atoms. The van der Waals surface area contributed by atoms with Gasteiger partial charge in [-0.15, -0.1) is 0 Å². The molecule has 114 valence electrons. The number of halogens is 3. The molecule has 2 aliphatic rings. The molecule has 2 rings (SSSR count). The summed E-state index contributed by atoms with van der Waals surface area (Å²) in [4.78, 5) is 24.5. The first-order valence-corrected chi connectivity index (χ1v) is 6.58. The maximum Gasteiger partial charge on any atom is 0.411 e. The highest BCUT2D eigenvalue weighted by atomic mass is 19.4. The average Bonchev–Trinajstić information content (AvgIpc) is 3.00. The molecule has 8 heteroatoms. The van der Waals surface area contributed by atoms with Gasteiger partial charge in [0.1, 0.15) is 11.1 Å². The van der Waals surface area contributed by atoms with Crippen LogP contribution in [0.2, 0.25) is 0 Å². The lowest BCUT2D eigenvalue weighted by molar-refractivity contribution is -0.163. The maximum atomic E-state index is 12.8. The summed E-state index contributed by atoms with van der Waals surface area (Å²) in [5.41, 5.74) is -3.55. The van der Waals surface area contributed by atoms with E-state index in [1.165, 1.54) is 0 Å². The summed E-state index contributed by atoms with van der Waals surface area (Å²) < 4.78 is 38.5. The summed E-state index contributed by atoms with van der Waals surface area (Å²) in [5, 5.41) is 11.3. The molecule has 2 fully saturated rings. The molecule has 5 nitrogen and oxygen atoms in total. The molecule has 1 heterocycles. The van der Waals surface area contributed by atoms with Crippen LogP contribution in [0.1, 0.15) is 39.0 Å². The minimum atomic E-state index is -4.50. The fraction of sp³-hybridized carbons (Fsp3) is 0.833. The van der Waals surface area contributed by atoms with Crippen LogP contribution >= 0.6 is 0 Å². The van der Waals surface area contributed by atoms with Crippen LogP contribution in [0.4, 0.5) is 18.0 Å². The van der Waals surface area contributed by atoms with Crippen LogP contribution in [0.5, 0.6) is 0 Å². The Morgan fingerprint density at radius 2 is 1.90 bits per heavy atom. The van der Waals surface area contributed by atoms with Crippen molar-refractivity contribution in [3.8, 4) is 0 Å². The SMILES string of the molecule is CCC1(C(=O)O)CCCN1C(=O)NC1(C(F)(F)F)CC1. The zero-order valence-electron chi connectivity index (χ0n) is 11.1. The third-order valence-electron chi connectivity index (χ3n) is 4.36. The smallest absolute Gasteiger partial charge is 0.411 e. The number of rotatable bonds is 3. The van der Waals surface area contributed by atoms with Gasteiger partial charge in [-0.3, -0.25) is 0 Å². The molecule has 1 aliphatic heterocycles. The molecule has 2 N–H and O–H groups in total. The number of aliphatic carboxylic acids is 1. The number of urea groups is 1. The topological polar surface area (TPSA) is 69.6 Å². The minimum Gasteiger partial charge on any atom is -0.479 e. The van der Waals surface area contributed by atoms with Crippen molar-refractivity contribution >= 4 is 12.0 Å². The van der Waals surface area contributed by atoms with E-state index in [2.05, 4.69) is 0 Å². The standard InChI is InChI=1S/C12H17F3N2O3/c1-2-10(8(18)19)4-3-7-17(10)9(20)16-11(5-6-11)12(13,14)15/h2-7H2,1H3,(H,16,20)(H,18,19). The molecule has 1 atom stereocenters. The lowest BCUT2D eigenvalue weighted by Crippen LogP contribution is -2.59. The van der Waals surface area contributed by atoms with Gasteiger partial charge >= 0.3 is 18.2 Å².